The molecule has 1 unspecified atom stereocenters. The minimum Gasteiger partial charge on any atom is -0.492 e. The van der Waals surface area contributed by atoms with Crippen LogP contribution in [0.5, 0.6) is 5.75 Å². The highest BCUT2D eigenvalue weighted by Crippen LogP contribution is 2.29. The van der Waals surface area contributed by atoms with Gasteiger partial charge in [-0.25, -0.2) is 0 Å². The number of fused-ring (bicyclic) bond motifs is 1. The average Bonchev–Trinajstić information content (AvgIpc) is 2.82. The number of nitrogens with one attached hydrogen (secondary N) is 2. The molecule has 2 aromatic carbocycles. The normalized spacial score (nSPS) is 17.2. The average molecular weight is 350 g/mol. The summed E-state index contributed by atoms with van der Waals surface area (Å²) >= 11 is 0. The van der Waals surface area contributed by atoms with Crippen LogP contribution < -0.4 is 15.4 Å². The van der Waals surface area contributed by atoms with Crippen LogP contribution in [0, 0.1) is 0 Å². The standard InChI is InChI=1S/C18H17F3N2O2/c19-18(20,21)13-7-5-12(6-8-13)11-23-17(24)16-14-3-1-2-4-15(14)25-10-9-22-16/h1-8,16,22H,9-11H2,(H,23,24). The number of alkyl halides is 3. The van der Waals surface area contributed by atoms with E-state index in [0.29, 0.717) is 24.5 Å². The Hall–Kier alpha value is -2.54. The lowest BCUT2D eigenvalue weighted by Crippen LogP contribution is -2.37. The number of halogens is 3. The van der Waals surface area contributed by atoms with Crippen molar-refractivity contribution in [3.05, 3.63) is 65.2 Å². The Bertz CT molecular complexity index is 745. The Morgan fingerprint density at radius 1 is 1.16 bits per heavy atom. The molecule has 1 heterocycles. The molecule has 0 saturated carbocycles. The van der Waals surface area contributed by atoms with Crippen molar-refractivity contribution in [1.29, 1.82) is 0 Å². The summed E-state index contributed by atoms with van der Waals surface area (Å²) in [4.78, 5) is 12.5. The zero-order chi connectivity index (χ0) is 17.9. The van der Waals surface area contributed by atoms with E-state index in [0.717, 1.165) is 17.7 Å². The first-order valence-electron chi connectivity index (χ1n) is 7.84. The van der Waals surface area contributed by atoms with E-state index in [1.54, 1.807) is 6.07 Å². The molecule has 3 rings (SSSR count). The van der Waals surface area contributed by atoms with Gasteiger partial charge < -0.3 is 10.1 Å². The second kappa shape index (κ2) is 7.14. The lowest BCUT2D eigenvalue weighted by molar-refractivity contribution is -0.137. The van der Waals surface area contributed by atoms with E-state index in [1.165, 1.54) is 12.1 Å². The smallest absolute Gasteiger partial charge is 0.416 e. The van der Waals surface area contributed by atoms with E-state index in [2.05, 4.69) is 10.6 Å². The molecule has 0 radical (unpaired) electrons. The summed E-state index contributed by atoms with van der Waals surface area (Å²) in [5.74, 6) is 0.403. The van der Waals surface area contributed by atoms with Gasteiger partial charge in [0.2, 0.25) is 5.91 Å². The Balaban J connectivity index is 1.67. The molecule has 1 amide bonds. The highest BCUT2D eigenvalue weighted by molar-refractivity contribution is 5.84. The lowest BCUT2D eigenvalue weighted by atomic mass is 10.0. The van der Waals surface area contributed by atoms with Crippen molar-refractivity contribution in [2.75, 3.05) is 13.2 Å². The van der Waals surface area contributed by atoms with Gasteiger partial charge in [0.25, 0.3) is 0 Å². The van der Waals surface area contributed by atoms with Crippen molar-refractivity contribution >= 4 is 5.91 Å². The van der Waals surface area contributed by atoms with Crippen LogP contribution in [0.4, 0.5) is 13.2 Å². The van der Waals surface area contributed by atoms with Crippen LogP contribution in [0.1, 0.15) is 22.7 Å². The molecule has 4 nitrogen and oxygen atoms in total. The first kappa shape index (κ1) is 17.3. The van der Waals surface area contributed by atoms with Crippen LogP contribution in [-0.2, 0) is 17.5 Å². The summed E-state index contributed by atoms with van der Waals surface area (Å²) in [5, 5.41) is 5.87. The van der Waals surface area contributed by atoms with Crippen LogP contribution in [0.2, 0.25) is 0 Å². The third-order valence-electron chi connectivity index (χ3n) is 3.95. The number of amides is 1. The van der Waals surface area contributed by atoms with E-state index < -0.39 is 17.8 Å². The highest BCUT2D eigenvalue weighted by atomic mass is 19.4. The fraction of sp³-hybridized carbons (Fsp3) is 0.278. The van der Waals surface area contributed by atoms with Gasteiger partial charge in [-0.05, 0) is 23.8 Å². The van der Waals surface area contributed by atoms with Crippen molar-refractivity contribution in [2.45, 2.75) is 18.8 Å². The van der Waals surface area contributed by atoms with E-state index >= 15 is 0 Å². The molecule has 1 aliphatic rings. The van der Waals surface area contributed by atoms with E-state index in [4.69, 9.17) is 4.74 Å². The third kappa shape index (κ3) is 4.11. The Labute approximate surface area is 143 Å². The molecule has 2 aromatic rings. The number of hydrogen-bond donors (Lipinski definition) is 2. The van der Waals surface area contributed by atoms with Crippen molar-refractivity contribution in [3.8, 4) is 5.75 Å². The molecule has 0 aliphatic carbocycles. The molecular weight excluding hydrogens is 333 g/mol. The molecule has 0 bridgehead atoms. The van der Waals surface area contributed by atoms with Crippen LogP contribution in [0.25, 0.3) is 0 Å². The summed E-state index contributed by atoms with van der Waals surface area (Å²) in [7, 11) is 0. The minimum atomic E-state index is -4.37. The predicted molar refractivity (Wildman–Crippen MR) is 86.0 cm³/mol. The molecule has 1 atom stereocenters. The van der Waals surface area contributed by atoms with Crippen LogP contribution in [0.3, 0.4) is 0 Å². The summed E-state index contributed by atoms with van der Waals surface area (Å²) in [6.45, 7) is 1.13. The molecule has 1 aliphatic heterocycles. The number of benzene rings is 2. The van der Waals surface area contributed by atoms with Crippen molar-refractivity contribution in [2.24, 2.45) is 0 Å². The third-order valence-corrected chi connectivity index (χ3v) is 3.95. The number of hydrogen-bond acceptors (Lipinski definition) is 3. The molecule has 132 valence electrons. The Morgan fingerprint density at radius 3 is 2.60 bits per heavy atom. The second-order valence-electron chi connectivity index (χ2n) is 5.69. The van der Waals surface area contributed by atoms with Gasteiger partial charge in [-0.2, -0.15) is 13.2 Å². The second-order valence-corrected chi connectivity index (χ2v) is 5.69. The fourth-order valence-electron chi connectivity index (χ4n) is 2.66. The molecule has 0 spiro atoms. The number of carbonyl (C=O) groups excluding carboxylic acids is 1. The molecule has 7 heteroatoms. The largest absolute Gasteiger partial charge is 0.492 e. The maximum atomic E-state index is 12.6. The highest BCUT2D eigenvalue weighted by Gasteiger charge is 2.30. The van der Waals surface area contributed by atoms with Crippen molar-refractivity contribution in [1.82, 2.24) is 10.6 Å². The Morgan fingerprint density at radius 2 is 1.88 bits per heavy atom. The van der Waals surface area contributed by atoms with Crippen LogP contribution in [-0.4, -0.2) is 19.1 Å². The number of para-hydroxylation sites is 1. The van der Waals surface area contributed by atoms with Gasteiger partial charge in [-0.15, -0.1) is 0 Å². The van der Waals surface area contributed by atoms with Crippen LogP contribution >= 0.6 is 0 Å². The number of carbonyl (C=O) groups is 1. The summed E-state index contributed by atoms with van der Waals surface area (Å²) < 4.78 is 43.3. The van der Waals surface area contributed by atoms with Gasteiger partial charge in [-0.1, -0.05) is 30.3 Å². The van der Waals surface area contributed by atoms with Gasteiger partial charge in [0.15, 0.2) is 0 Å². The summed E-state index contributed by atoms with van der Waals surface area (Å²) in [6.07, 6.45) is -4.37. The Kier molecular flexibility index (Phi) is 4.94. The van der Waals surface area contributed by atoms with E-state index in [-0.39, 0.29) is 12.5 Å². The van der Waals surface area contributed by atoms with Gasteiger partial charge >= 0.3 is 6.18 Å². The first-order chi connectivity index (χ1) is 11.9. The van der Waals surface area contributed by atoms with Gasteiger partial charge in [-0.3, -0.25) is 10.1 Å². The topological polar surface area (TPSA) is 50.4 Å². The summed E-state index contributed by atoms with van der Waals surface area (Å²) in [6, 6.07) is 11.5. The molecule has 25 heavy (non-hydrogen) atoms. The van der Waals surface area contributed by atoms with Gasteiger partial charge in [0, 0.05) is 18.7 Å². The molecule has 2 N–H and O–H groups in total. The first-order valence-corrected chi connectivity index (χ1v) is 7.84. The number of rotatable bonds is 3. The molecular formula is C18H17F3N2O2. The zero-order valence-corrected chi connectivity index (χ0v) is 13.3. The van der Waals surface area contributed by atoms with Gasteiger partial charge in [0.1, 0.15) is 18.4 Å². The van der Waals surface area contributed by atoms with Crippen LogP contribution in [0.15, 0.2) is 48.5 Å². The lowest BCUT2D eigenvalue weighted by Gasteiger charge is -2.17. The minimum absolute atomic E-state index is 0.151. The van der Waals surface area contributed by atoms with E-state index in [9.17, 15) is 18.0 Å². The molecule has 0 aromatic heterocycles. The van der Waals surface area contributed by atoms with Crippen molar-refractivity contribution in [3.63, 3.8) is 0 Å². The number of ether oxygens (including phenoxy) is 1. The van der Waals surface area contributed by atoms with E-state index in [1.807, 2.05) is 18.2 Å². The molecule has 0 saturated heterocycles. The SMILES string of the molecule is O=C(NCc1ccc(C(F)(F)F)cc1)C1NCCOc2ccccc21. The fourth-order valence-corrected chi connectivity index (χ4v) is 2.66. The maximum Gasteiger partial charge on any atom is 0.416 e. The monoisotopic (exact) mass is 350 g/mol. The maximum absolute atomic E-state index is 12.6. The van der Waals surface area contributed by atoms with Gasteiger partial charge in [0.05, 0.1) is 5.56 Å². The quantitative estimate of drug-likeness (QED) is 0.895. The summed E-state index contributed by atoms with van der Waals surface area (Å²) in [5.41, 5.74) is 0.628. The predicted octanol–water partition coefficient (Wildman–Crippen LogP) is 3.04. The van der Waals surface area contributed by atoms with Crippen molar-refractivity contribution < 1.29 is 22.7 Å². The zero-order valence-electron chi connectivity index (χ0n) is 13.3. The molecule has 0 fully saturated rings.